The summed E-state index contributed by atoms with van der Waals surface area (Å²) in [5.41, 5.74) is -0.404. The molecule has 0 amide bonds. The van der Waals surface area contributed by atoms with Crippen molar-refractivity contribution in [2.24, 2.45) is 0 Å². The number of thiophene rings is 1. The number of hydrogen-bond donors (Lipinski definition) is 2. The van der Waals surface area contributed by atoms with Crippen molar-refractivity contribution >= 4 is 23.1 Å². The number of hydrogen-bond acceptors (Lipinski definition) is 4. The van der Waals surface area contributed by atoms with E-state index >= 15 is 0 Å². The fraction of sp³-hybridized carbons (Fsp3) is 0.333. The van der Waals surface area contributed by atoms with Gasteiger partial charge in [-0.05, 0) is 11.4 Å². The first-order valence-corrected chi connectivity index (χ1v) is 6.93. The Balaban J connectivity index is 2.03. The third-order valence-corrected chi connectivity index (χ3v) is 4.28. The number of aromatic nitrogens is 2. The first-order valence-electron chi connectivity index (χ1n) is 6.06. The highest BCUT2D eigenvalue weighted by Gasteiger charge is 2.47. The molecule has 3 rings (SSSR count). The van der Waals surface area contributed by atoms with E-state index in [1.54, 1.807) is 17.5 Å². The minimum Gasteiger partial charge on any atom is -0.476 e. The van der Waals surface area contributed by atoms with E-state index < -0.39 is 29.9 Å². The fourth-order valence-corrected chi connectivity index (χ4v) is 3.14. The van der Waals surface area contributed by atoms with Gasteiger partial charge in [-0.1, -0.05) is 6.07 Å². The van der Waals surface area contributed by atoms with Crippen LogP contribution in [-0.4, -0.2) is 27.0 Å². The Hall–Kier alpha value is -2.03. The number of fused-ring (bicyclic) bond motifs is 1. The van der Waals surface area contributed by atoms with E-state index in [-0.39, 0.29) is 12.2 Å². The van der Waals surface area contributed by atoms with Crippen LogP contribution >= 0.6 is 11.3 Å². The molecule has 0 aromatic carbocycles. The van der Waals surface area contributed by atoms with Gasteiger partial charge in [0.15, 0.2) is 11.7 Å². The van der Waals surface area contributed by atoms with Crippen LogP contribution in [0.1, 0.15) is 33.9 Å². The maximum Gasteiger partial charge on any atom is 0.410 e. The third-order valence-electron chi connectivity index (χ3n) is 3.30. The molecule has 2 aromatic rings. The number of alkyl halides is 3. The lowest BCUT2D eigenvalue weighted by atomic mass is 10.0. The fourth-order valence-electron chi connectivity index (χ4n) is 2.35. The number of carboxylic acid groups (broad SMARTS) is 1. The van der Waals surface area contributed by atoms with Gasteiger partial charge >= 0.3 is 12.1 Å². The highest BCUT2D eigenvalue weighted by Crippen LogP contribution is 2.44. The number of nitrogens with zero attached hydrogens (tertiary/aromatic N) is 2. The summed E-state index contributed by atoms with van der Waals surface area (Å²) in [5.74, 6) is -1.29. The van der Waals surface area contributed by atoms with E-state index in [1.165, 1.54) is 11.3 Å². The van der Waals surface area contributed by atoms with Gasteiger partial charge in [0.05, 0.1) is 6.04 Å². The minimum absolute atomic E-state index is 0.0689. The Morgan fingerprint density at radius 1 is 1.52 bits per heavy atom. The molecule has 0 aliphatic carbocycles. The Morgan fingerprint density at radius 3 is 2.86 bits per heavy atom. The minimum atomic E-state index is -4.49. The van der Waals surface area contributed by atoms with Crippen LogP contribution in [0.25, 0.3) is 0 Å². The Morgan fingerprint density at radius 2 is 2.29 bits per heavy atom. The van der Waals surface area contributed by atoms with Crippen LogP contribution in [0.5, 0.6) is 0 Å². The number of carboxylic acids is 1. The average Bonchev–Trinajstić information content (AvgIpc) is 3.05. The van der Waals surface area contributed by atoms with Crippen molar-refractivity contribution in [1.82, 2.24) is 9.78 Å². The largest absolute Gasteiger partial charge is 0.476 e. The average molecular weight is 317 g/mol. The van der Waals surface area contributed by atoms with Gasteiger partial charge in [-0.25, -0.2) is 9.48 Å². The summed E-state index contributed by atoms with van der Waals surface area (Å²) in [4.78, 5) is 11.7. The molecule has 0 unspecified atom stereocenters. The van der Waals surface area contributed by atoms with Gasteiger partial charge in [0, 0.05) is 17.4 Å². The molecule has 9 heteroatoms. The predicted octanol–water partition coefficient (Wildman–Crippen LogP) is 3.30. The molecule has 21 heavy (non-hydrogen) atoms. The summed E-state index contributed by atoms with van der Waals surface area (Å²) in [6.45, 7) is 0. The van der Waals surface area contributed by atoms with E-state index in [9.17, 15) is 18.0 Å². The molecule has 0 radical (unpaired) electrons. The molecule has 112 valence electrons. The van der Waals surface area contributed by atoms with Crippen molar-refractivity contribution in [3.05, 3.63) is 34.2 Å². The Labute approximate surface area is 121 Å². The number of carbonyl (C=O) groups is 1. The standard InChI is InChI=1S/C12H10F3N3O2S/c13-12(14,15)9-4-6(8-2-1-3-21-8)16-10-5-7(11(19)20)17-18(9)10/h1-3,5-6,9,16H,4H2,(H,19,20)/t6-,9-/m0/s1. The third kappa shape index (κ3) is 2.48. The number of nitrogens with one attached hydrogen (secondary N) is 1. The zero-order chi connectivity index (χ0) is 15.2. The van der Waals surface area contributed by atoms with Crippen LogP contribution in [0.4, 0.5) is 19.0 Å². The summed E-state index contributed by atoms with van der Waals surface area (Å²) in [5, 5.41) is 17.2. The molecule has 0 fully saturated rings. The second-order valence-corrected chi connectivity index (χ2v) is 5.65. The van der Waals surface area contributed by atoms with Crippen molar-refractivity contribution in [3.8, 4) is 0 Å². The lowest BCUT2D eigenvalue weighted by Gasteiger charge is -2.32. The normalized spacial score (nSPS) is 21.7. The molecular weight excluding hydrogens is 307 g/mol. The van der Waals surface area contributed by atoms with Crippen LogP contribution < -0.4 is 5.32 Å². The van der Waals surface area contributed by atoms with E-state index in [0.717, 1.165) is 10.9 Å². The first-order chi connectivity index (χ1) is 9.86. The molecule has 0 saturated carbocycles. The van der Waals surface area contributed by atoms with Gasteiger partial charge < -0.3 is 10.4 Å². The lowest BCUT2D eigenvalue weighted by Crippen LogP contribution is -2.35. The van der Waals surface area contributed by atoms with E-state index in [1.807, 2.05) is 0 Å². The van der Waals surface area contributed by atoms with Crippen molar-refractivity contribution < 1.29 is 23.1 Å². The van der Waals surface area contributed by atoms with E-state index in [0.29, 0.717) is 4.68 Å². The number of halogens is 3. The molecular formula is C12H10F3N3O2S. The second kappa shape index (κ2) is 4.76. The van der Waals surface area contributed by atoms with Crippen LogP contribution in [0, 0.1) is 0 Å². The molecule has 2 aromatic heterocycles. The summed E-state index contributed by atoms with van der Waals surface area (Å²) in [7, 11) is 0. The van der Waals surface area contributed by atoms with Crippen molar-refractivity contribution in [2.75, 3.05) is 5.32 Å². The van der Waals surface area contributed by atoms with E-state index in [4.69, 9.17) is 5.11 Å². The molecule has 1 aliphatic heterocycles. The topological polar surface area (TPSA) is 67.1 Å². The second-order valence-electron chi connectivity index (χ2n) is 4.67. The van der Waals surface area contributed by atoms with E-state index in [2.05, 4.69) is 10.4 Å². The van der Waals surface area contributed by atoms with Gasteiger partial charge in [-0.2, -0.15) is 18.3 Å². The first kappa shape index (κ1) is 13.9. The van der Waals surface area contributed by atoms with Gasteiger partial charge in [0.25, 0.3) is 0 Å². The number of aromatic carboxylic acids is 1. The highest BCUT2D eigenvalue weighted by molar-refractivity contribution is 7.10. The van der Waals surface area contributed by atoms with Crippen LogP contribution in [0.2, 0.25) is 0 Å². The zero-order valence-electron chi connectivity index (χ0n) is 10.5. The molecule has 0 saturated heterocycles. The van der Waals surface area contributed by atoms with Gasteiger partial charge in [0.2, 0.25) is 0 Å². The monoisotopic (exact) mass is 317 g/mol. The van der Waals surface area contributed by atoms with Crippen molar-refractivity contribution in [2.45, 2.75) is 24.7 Å². The molecule has 0 bridgehead atoms. The summed E-state index contributed by atoms with van der Waals surface area (Å²) in [6, 6.07) is 2.29. The Kier molecular flexibility index (Phi) is 3.16. The SMILES string of the molecule is O=C(O)c1cc2n(n1)[C@H](C(F)(F)F)C[C@@H](c1cccs1)N2. The molecule has 1 aliphatic rings. The summed E-state index contributed by atoms with van der Waals surface area (Å²) in [6.07, 6.45) is -4.72. The zero-order valence-corrected chi connectivity index (χ0v) is 11.3. The predicted molar refractivity (Wildman–Crippen MR) is 69.6 cm³/mol. The van der Waals surface area contributed by atoms with Crippen molar-refractivity contribution in [3.63, 3.8) is 0 Å². The van der Waals surface area contributed by atoms with Gasteiger partial charge in [0.1, 0.15) is 5.82 Å². The number of anilines is 1. The van der Waals surface area contributed by atoms with Crippen LogP contribution in [-0.2, 0) is 0 Å². The van der Waals surface area contributed by atoms with Crippen LogP contribution in [0.3, 0.4) is 0 Å². The van der Waals surface area contributed by atoms with Crippen LogP contribution in [0.15, 0.2) is 23.6 Å². The highest BCUT2D eigenvalue weighted by atomic mass is 32.1. The number of rotatable bonds is 2. The summed E-state index contributed by atoms with van der Waals surface area (Å²) < 4.78 is 40.4. The molecule has 5 nitrogen and oxygen atoms in total. The van der Waals surface area contributed by atoms with Gasteiger partial charge in [-0.15, -0.1) is 11.3 Å². The smallest absolute Gasteiger partial charge is 0.410 e. The molecule has 0 spiro atoms. The lowest BCUT2D eigenvalue weighted by molar-refractivity contribution is -0.173. The quantitative estimate of drug-likeness (QED) is 0.892. The Bertz CT molecular complexity index is 666. The maximum atomic E-state index is 13.2. The molecule has 3 heterocycles. The molecule has 2 N–H and O–H groups in total. The maximum absolute atomic E-state index is 13.2. The molecule has 2 atom stereocenters. The summed E-state index contributed by atoms with van der Waals surface area (Å²) >= 11 is 1.35. The van der Waals surface area contributed by atoms with Crippen molar-refractivity contribution in [1.29, 1.82) is 0 Å². The van der Waals surface area contributed by atoms with Gasteiger partial charge in [-0.3, -0.25) is 0 Å².